The van der Waals surface area contributed by atoms with Crippen molar-refractivity contribution in [3.05, 3.63) is 33.9 Å². The maximum atomic E-state index is 12.7. The quantitative estimate of drug-likeness (QED) is 0.257. The van der Waals surface area contributed by atoms with Crippen LogP contribution in [0.1, 0.15) is 20.8 Å². The molecule has 0 bridgehead atoms. The number of hydrogen-bond acceptors (Lipinski definition) is 4. The molecule has 0 aliphatic heterocycles. The Balaban J connectivity index is 2.92. The van der Waals surface area contributed by atoms with Gasteiger partial charge in [-0.15, -0.1) is 0 Å². The van der Waals surface area contributed by atoms with Crippen LogP contribution in [0.15, 0.2) is 30.3 Å². The van der Waals surface area contributed by atoms with E-state index in [0.29, 0.717) is 0 Å². The summed E-state index contributed by atoms with van der Waals surface area (Å²) in [4.78, 5) is 24.3. The van der Waals surface area contributed by atoms with Crippen molar-refractivity contribution in [1.29, 1.82) is 0 Å². The van der Waals surface area contributed by atoms with Gasteiger partial charge in [0.2, 0.25) is 0 Å². The number of benzene rings is 1. The molecule has 1 rings (SSSR count). The molecule has 6 nitrogen and oxygen atoms in total. The molecular formula is C17H25ClIN2O4-. The first kappa shape index (κ1) is 22.0. The average molecular weight is 484 g/mol. The van der Waals surface area contributed by atoms with Gasteiger partial charge in [0.1, 0.15) is 0 Å². The van der Waals surface area contributed by atoms with E-state index in [1.165, 1.54) is 7.11 Å². The standard InChI is InChI=1S/C17H25ClIN2O4/c1-17(2,3)13(20-16(24)25-4)15(23)21-14(12(22)10-18)19-11-8-6-5-7-9-11/h5-9,12-14,22H,10H2,1-4H3,(H,20,24)(H,21,23)/q-1/t12-,13+,14+/m0/s1. The third-order valence-electron chi connectivity index (χ3n) is 3.33. The Hall–Kier alpha value is -1.06. The van der Waals surface area contributed by atoms with E-state index >= 15 is 0 Å². The Bertz CT molecular complexity index is 566. The molecule has 1 aromatic rings. The van der Waals surface area contributed by atoms with Crippen LogP contribution < -0.4 is 31.8 Å². The zero-order valence-corrected chi connectivity index (χ0v) is 17.7. The fraction of sp³-hybridized carbons (Fsp3) is 0.529. The first-order valence-electron chi connectivity index (χ1n) is 7.76. The second kappa shape index (κ2) is 10.2. The average Bonchev–Trinajstić information content (AvgIpc) is 2.57. The van der Waals surface area contributed by atoms with Crippen molar-refractivity contribution >= 4 is 23.6 Å². The van der Waals surface area contributed by atoms with Gasteiger partial charge in [-0.25, -0.2) is 0 Å². The van der Waals surface area contributed by atoms with E-state index in [9.17, 15) is 14.7 Å². The van der Waals surface area contributed by atoms with Crippen LogP contribution in [0.4, 0.5) is 4.79 Å². The first-order valence-corrected chi connectivity index (χ1v) is 10.6. The Morgan fingerprint density at radius 3 is 2.32 bits per heavy atom. The summed E-state index contributed by atoms with van der Waals surface area (Å²) in [6, 6.07) is 8.86. The van der Waals surface area contributed by atoms with Crippen molar-refractivity contribution in [2.45, 2.75) is 37.0 Å². The normalized spacial score (nSPS) is 15.1. The molecule has 0 aliphatic carbocycles. The van der Waals surface area contributed by atoms with Gasteiger partial charge in [0.25, 0.3) is 0 Å². The number of rotatable bonds is 7. The number of amides is 2. The molecule has 1 aromatic carbocycles. The van der Waals surface area contributed by atoms with Gasteiger partial charge in [0.15, 0.2) is 0 Å². The topological polar surface area (TPSA) is 87.7 Å². The zero-order chi connectivity index (χ0) is 19.0. The molecule has 3 N–H and O–H groups in total. The van der Waals surface area contributed by atoms with Crippen molar-refractivity contribution in [3.8, 4) is 0 Å². The predicted molar refractivity (Wildman–Crippen MR) is 92.6 cm³/mol. The first-order chi connectivity index (χ1) is 11.7. The number of halogens is 2. The summed E-state index contributed by atoms with van der Waals surface area (Å²) in [6.07, 6.45) is -1.54. The van der Waals surface area contributed by atoms with Gasteiger partial charge >= 0.3 is 164 Å². The predicted octanol–water partition coefficient (Wildman–Crippen LogP) is -1.24. The minimum atomic E-state index is -0.864. The molecule has 25 heavy (non-hydrogen) atoms. The van der Waals surface area contributed by atoms with E-state index in [2.05, 4.69) is 15.4 Å². The van der Waals surface area contributed by atoms with E-state index in [4.69, 9.17) is 11.6 Å². The van der Waals surface area contributed by atoms with Gasteiger partial charge < -0.3 is 0 Å². The van der Waals surface area contributed by atoms with Crippen molar-refractivity contribution in [1.82, 2.24) is 10.6 Å². The SMILES string of the molecule is COC(=O)N[C@H](C(=O)N[C@@H]([I-]c1ccccc1)[C@@H](O)CCl)C(C)(C)C. The monoisotopic (exact) mass is 483 g/mol. The van der Waals surface area contributed by atoms with Crippen LogP contribution in [0.25, 0.3) is 0 Å². The summed E-state index contributed by atoms with van der Waals surface area (Å²) >= 11 is 5.08. The number of carbonyl (C=O) groups is 2. The number of alkyl carbamates (subject to hydrolysis) is 1. The summed E-state index contributed by atoms with van der Waals surface area (Å²) < 4.78 is 5.21. The molecule has 0 unspecified atom stereocenters. The molecule has 0 heterocycles. The van der Waals surface area contributed by atoms with E-state index < -0.39 is 48.9 Å². The minimum absolute atomic E-state index is 0.0160. The summed E-state index contributed by atoms with van der Waals surface area (Å²) in [5, 5.41) is 15.6. The number of methoxy groups -OCH3 is 1. The van der Waals surface area contributed by atoms with Crippen LogP contribution in [0, 0.1) is 8.99 Å². The van der Waals surface area contributed by atoms with E-state index in [0.717, 1.165) is 3.57 Å². The summed E-state index contributed by atoms with van der Waals surface area (Å²) in [7, 11) is 1.24. The fourth-order valence-corrected chi connectivity index (χ4v) is 5.18. The molecule has 142 valence electrons. The summed E-state index contributed by atoms with van der Waals surface area (Å²) in [6.45, 7) is 5.52. The molecule has 2 amide bonds. The Kier molecular flexibility index (Phi) is 8.95. The van der Waals surface area contributed by atoms with Crippen LogP contribution >= 0.6 is 11.6 Å². The molecule has 0 saturated heterocycles. The van der Waals surface area contributed by atoms with Gasteiger partial charge in [0.05, 0.1) is 0 Å². The van der Waals surface area contributed by atoms with E-state index in [-0.39, 0.29) is 11.8 Å². The Morgan fingerprint density at radius 1 is 1.24 bits per heavy atom. The summed E-state index contributed by atoms with van der Waals surface area (Å²) in [5.74, 6) is -0.357. The zero-order valence-electron chi connectivity index (χ0n) is 14.8. The van der Waals surface area contributed by atoms with E-state index in [1.54, 1.807) is 0 Å². The van der Waals surface area contributed by atoms with Crippen molar-refractivity contribution in [2.24, 2.45) is 5.41 Å². The van der Waals surface area contributed by atoms with Crippen LogP contribution in [-0.2, 0) is 9.53 Å². The number of alkyl halides is 2. The van der Waals surface area contributed by atoms with Gasteiger partial charge in [-0.2, -0.15) is 0 Å². The Morgan fingerprint density at radius 2 is 1.84 bits per heavy atom. The molecule has 3 atom stereocenters. The molecule has 0 aromatic heterocycles. The van der Waals surface area contributed by atoms with E-state index in [1.807, 2.05) is 51.1 Å². The van der Waals surface area contributed by atoms with Crippen LogP contribution in [0.5, 0.6) is 0 Å². The Labute approximate surface area is 163 Å². The number of aliphatic hydroxyl groups is 1. The van der Waals surface area contributed by atoms with Crippen LogP contribution in [0.2, 0.25) is 0 Å². The van der Waals surface area contributed by atoms with Gasteiger partial charge in [-0.1, -0.05) is 0 Å². The van der Waals surface area contributed by atoms with Gasteiger partial charge in [-0.3, -0.25) is 0 Å². The number of nitrogens with one attached hydrogen (secondary N) is 2. The fourth-order valence-electron chi connectivity index (χ4n) is 1.97. The van der Waals surface area contributed by atoms with Crippen molar-refractivity contribution in [3.63, 3.8) is 0 Å². The molecule has 0 fully saturated rings. The van der Waals surface area contributed by atoms with Crippen molar-refractivity contribution in [2.75, 3.05) is 13.0 Å². The van der Waals surface area contributed by atoms with Gasteiger partial charge in [-0.05, 0) is 0 Å². The molecular weight excluding hydrogens is 459 g/mol. The second-order valence-electron chi connectivity index (χ2n) is 6.47. The summed E-state index contributed by atoms with van der Waals surface area (Å²) in [5.41, 5.74) is -0.528. The second-order valence-corrected chi connectivity index (χ2v) is 9.99. The van der Waals surface area contributed by atoms with Crippen molar-refractivity contribution < 1.29 is 40.6 Å². The molecule has 0 spiro atoms. The molecule has 0 radical (unpaired) electrons. The molecule has 0 aliphatic rings. The molecule has 0 saturated carbocycles. The third-order valence-corrected chi connectivity index (χ3v) is 6.90. The number of hydrogen-bond donors (Lipinski definition) is 3. The number of carbonyl (C=O) groups excluding carboxylic acids is 2. The van der Waals surface area contributed by atoms with Gasteiger partial charge in [0, 0.05) is 0 Å². The molecule has 8 heteroatoms. The third kappa shape index (κ3) is 7.37. The number of aliphatic hydroxyl groups excluding tert-OH is 1. The van der Waals surface area contributed by atoms with Crippen LogP contribution in [0.3, 0.4) is 0 Å². The maximum absolute atomic E-state index is 12.7. The van der Waals surface area contributed by atoms with Crippen LogP contribution in [-0.4, -0.2) is 46.3 Å². The number of ether oxygens (including phenoxy) is 1.